The van der Waals surface area contributed by atoms with Gasteiger partial charge in [-0.15, -0.1) is 6.58 Å². The zero-order valence-electron chi connectivity index (χ0n) is 10.4. The summed E-state index contributed by atoms with van der Waals surface area (Å²) in [6.07, 6.45) is 3.40. The lowest BCUT2D eigenvalue weighted by molar-refractivity contribution is 0.0194. The van der Waals surface area contributed by atoms with Gasteiger partial charge in [0.2, 0.25) is 0 Å². The fourth-order valence-corrected chi connectivity index (χ4v) is 3.21. The predicted molar refractivity (Wildman–Crippen MR) is 64.9 cm³/mol. The van der Waals surface area contributed by atoms with Crippen LogP contribution in [-0.4, -0.2) is 49.1 Å². The molecular formula is C13H24N2. The molecule has 0 aliphatic carbocycles. The van der Waals surface area contributed by atoms with Crippen molar-refractivity contribution in [2.45, 2.75) is 26.3 Å². The number of likely N-dealkylation sites (tertiary alicyclic amines) is 2. The number of hydrogen-bond donors (Lipinski definition) is 0. The lowest BCUT2D eigenvalue weighted by atomic mass is 9.83. The van der Waals surface area contributed by atoms with Crippen molar-refractivity contribution < 1.29 is 0 Å². The molecule has 86 valence electrons. The van der Waals surface area contributed by atoms with Gasteiger partial charge < -0.3 is 4.90 Å². The van der Waals surface area contributed by atoms with E-state index in [1.54, 1.807) is 0 Å². The molecule has 0 aromatic heterocycles. The van der Waals surface area contributed by atoms with Gasteiger partial charge in [0.05, 0.1) is 0 Å². The molecule has 0 aromatic rings. The highest BCUT2D eigenvalue weighted by atomic mass is 15.2. The molecule has 2 heterocycles. The molecule has 2 fully saturated rings. The summed E-state index contributed by atoms with van der Waals surface area (Å²) in [7, 11) is 2.21. The summed E-state index contributed by atoms with van der Waals surface area (Å²) in [6.45, 7) is 13.7. The van der Waals surface area contributed by atoms with Crippen LogP contribution in [0.3, 0.4) is 0 Å². The lowest BCUT2D eigenvalue weighted by Gasteiger charge is -2.47. The lowest BCUT2D eigenvalue weighted by Crippen LogP contribution is -2.54. The van der Waals surface area contributed by atoms with Crippen molar-refractivity contribution in [3.8, 4) is 0 Å². The molecule has 0 radical (unpaired) electrons. The van der Waals surface area contributed by atoms with Crippen LogP contribution in [-0.2, 0) is 0 Å². The molecule has 0 bridgehead atoms. The zero-order valence-corrected chi connectivity index (χ0v) is 10.4. The molecule has 0 N–H and O–H groups in total. The molecule has 0 saturated carbocycles. The quantitative estimate of drug-likeness (QED) is 0.653. The second-order valence-corrected chi connectivity index (χ2v) is 6.18. The normalized spacial score (nSPS) is 36.5. The fourth-order valence-electron chi connectivity index (χ4n) is 3.21. The van der Waals surface area contributed by atoms with Crippen molar-refractivity contribution in [3.63, 3.8) is 0 Å². The molecular weight excluding hydrogens is 184 g/mol. The molecule has 15 heavy (non-hydrogen) atoms. The van der Waals surface area contributed by atoms with Crippen LogP contribution < -0.4 is 0 Å². The standard InChI is InChI=1S/C13H24N2/c1-5-12-6-11(7-14(12)4)8-15-9-13(2,3)10-15/h5,11-12H,1,6-10H2,2-4H3. The maximum absolute atomic E-state index is 3.91. The summed E-state index contributed by atoms with van der Waals surface area (Å²) < 4.78 is 0. The third kappa shape index (κ3) is 2.43. The second kappa shape index (κ2) is 3.91. The Hall–Kier alpha value is -0.340. The summed E-state index contributed by atoms with van der Waals surface area (Å²) in [6, 6.07) is 0.615. The van der Waals surface area contributed by atoms with Gasteiger partial charge in [0.1, 0.15) is 0 Å². The van der Waals surface area contributed by atoms with Gasteiger partial charge in [0.15, 0.2) is 0 Å². The Morgan fingerprint density at radius 3 is 2.53 bits per heavy atom. The van der Waals surface area contributed by atoms with Crippen molar-refractivity contribution >= 4 is 0 Å². The van der Waals surface area contributed by atoms with Crippen LogP contribution in [0, 0.1) is 11.3 Å². The predicted octanol–water partition coefficient (Wildman–Crippen LogP) is 1.83. The van der Waals surface area contributed by atoms with Crippen LogP contribution in [0.4, 0.5) is 0 Å². The van der Waals surface area contributed by atoms with E-state index in [0.717, 1.165) is 5.92 Å². The van der Waals surface area contributed by atoms with Crippen LogP contribution in [0.1, 0.15) is 20.3 Å². The summed E-state index contributed by atoms with van der Waals surface area (Å²) in [4.78, 5) is 5.03. The molecule has 2 saturated heterocycles. The first-order chi connectivity index (χ1) is 7.00. The van der Waals surface area contributed by atoms with E-state index < -0.39 is 0 Å². The maximum atomic E-state index is 3.91. The molecule has 2 aliphatic rings. The summed E-state index contributed by atoms with van der Waals surface area (Å²) in [5.74, 6) is 0.856. The summed E-state index contributed by atoms with van der Waals surface area (Å²) >= 11 is 0. The molecule has 0 amide bonds. The highest BCUT2D eigenvalue weighted by molar-refractivity contribution is 4.97. The third-order valence-electron chi connectivity index (χ3n) is 3.78. The number of hydrogen-bond acceptors (Lipinski definition) is 2. The van der Waals surface area contributed by atoms with E-state index in [9.17, 15) is 0 Å². The monoisotopic (exact) mass is 208 g/mol. The average Bonchev–Trinajstić information content (AvgIpc) is 2.43. The number of likely N-dealkylation sites (N-methyl/N-ethyl adjacent to an activating group) is 1. The van der Waals surface area contributed by atoms with Gasteiger partial charge in [0.25, 0.3) is 0 Å². The number of nitrogens with zero attached hydrogens (tertiary/aromatic N) is 2. The minimum absolute atomic E-state index is 0.572. The summed E-state index contributed by atoms with van der Waals surface area (Å²) in [5.41, 5.74) is 0.572. The first kappa shape index (κ1) is 11.2. The number of rotatable bonds is 3. The molecule has 0 spiro atoms. The third-order valence-corrected chi connectivity index (χ3v) is 3.78. The van der Waals surface area contributed by atoms with Gasteiger partial charge in [-0.3, -0.25) is 4.90 Å². The Morgan fingerprint density at radius 2 is 2.07 bits per heavy atom. The van der Waals surface area contributed by atoms with E-state index in [0.29, 0.717) is 11.5 Å². The van der Waals surface area contributed by atoms with E-state index in [1.165, 1.54) is 32.6 Å². The first-order valence-electron chi connectivity index (χ1n) is 6.05. The van der Waals surface area contributed by atoms with E-state index in [-0.39, 0.29) is 0 Å². The van der Waals surface area contributed by atoms with Crippen LogP contribution in [0.25, 0.3) is 0 Å². The zero-order chi connectivity index (χ0) is 11.1. The summed E-state index contributed by atoms with van der Waals surface area (Å²) in [5, 5.41) is 0. The van der Waals surface area contributed by atoms with Crippen molar-refractivity contribution in [3.05, 3.63) is 12.7 Å². The molecule has 2 nitrogen and oxygen atoms in total. The van der Waals surface area contributed by atoms with Crippen LogP contribution in [0.2, 0.25) is 0 Å². The van der Waals surface area contributed by atoms with Crippen LogP contribution in [0.15, 0.2) is 12.7 Å². The Labute approximate surface area is 93.9 Å². The van der Waals surface area contributed by atoms with Crippen LogP contribution in [0.5, 0.6) is 0 Å². The Kier molecular flexibility index (Phi) is 2.91. The van der Waals surface area contributed by atoms with Gasteiger partial charge in [-0.2, -0.15) is 0 Å². The van der Waals surface area contributed by atoms with E-state index >= 15 is 0 Å². The minimum Gasteiger partial charge on any atom is -0.302 e. The Balaban J connectivity index is 1.76. The Bertz CT molecular complexity index is 239. The van der Waals surface area contributed by atoms with Crippen molar-refractivity contribution in [2.24, 2.45) is 11.3 Å². The molecule has 2 aliphatic heterocycles. The smallest absolute Gasteiger partial charge is 0.0276 e. The van der Waals surface area contributed by atoms with Crippen molar-refractivity contribution in [1.82, 2.24) is 9.80 Å². The minimum atomic E-state index is 0.572. The molecule has 2 atom stereocenters. The van der Waals surface area contributed by atoms with E-state index in [4.69, 9.17) is 0 Å². The maximum Gasteiger partial charge on any atom is 0.0276 e. The highest BCUT2D eigenvalue weighted by Gasteiger charge is 2.37. The molecule has 2 unspecified atom stereocenters. The topological polar surface area (TPSA) is 6.48 Å². The van der Waals surface area contributed by atoms with Gasteiger partial charge >= 0.3 is 0 Å². The highest BCUT2D eigenvalue weighted by Crippen LogP contribution is 2.31. The van der Waals surface area contributed by atoms with Crippen molar-refractivity contribution in [1.29, 1.82) is 0 Å². The molecule has 2 rings (SSSR count). The SMILES string of the molecule is C=CC1CC(CN2CC(C)(C)C2)CN1C. The molecule has 2 heteroatoms. The molecule has 0 aromatic carbocycles. The van der Waals surface area contributed by atoms with Crippen LogP contribution >= 0.6 is 0 Å². The van der Waals surface area contributed by atoms with Gasteiger partial charge in [-0.05, 0) is 24.8 Å². The largest absolute Gasteiger partial charge is 0.302 e. The first-order valence-corrected chi connectivity index (χ1v) is 6.05. The van der Waals surface area contributed by atoms with Gasteiger partial charge in [-0.1, -0.05) is 19.9 Å². The second-order valence-electron chi connectivity index (χ2n) is 6.18. The van der Waals surface area contributed by atoms with Crippen molar-refractivity contribution in [2.75, 3.05) is 33.2 Å². The fraction of sp³-hybridized carbons (Fsp3) is 0.846. The van der Waals surface area contributed by atoms with E-state index in [2.05, 4.69) is 43.3 Å². The van der Waals surface area contributed by atoms with Gasteiger partial charge in [0, 0.05) is 32.2 Å². The average molecular weight is 208 g/mol. The van der Waals surface area contributed by atoms with E-state index in [1.807, 2.05) is 0 Å². The van der Waals surface area contributed by atoms with Gasteiger partial charge in [-0.25, -0.2) is 0 Å². The Morgan fingerprint density at radius 1 is 1.40 bits per heavy atom.